The third kappa shape index (κ3) is 7.30. The zero-order valence-electron chi connectivity index (χ0n) is 19.8. The SMILES string of the molecule is CCCC[C@H](c1ccccc1)[C@H](C)OC(=O)[C@H](C)NC(=O)c1nccc(OC)c1OC(C)=O. The maximum absolute atomic E-state index is 12.8. The van der Waals surface area contributed by atoms with E-state index in [0.717, 1.165) is 24.8 Å². The van der Waals surface area contributed by atoms with Gasteiger partial charge in [0, 0.05) is 25.1 Å². The van der Waals surface area contributed by atoms with Crippen molar-refractivity contribution < 1.29 is 28.6 Å². The first kappa shape index (κ1) is 25.8. The normalized spacial score (nSPS) is 13.4. The van der Waals surface area contributed by atoms with Crippen LogP contribution in [0.3, 0.4) is 0 Å². The quantitative estimate of drug-likeness (QED) is 0.509. The summed E-state index contributed by atoms with van der Waals surface area (Å²) in [5.41, 5.74) is 0.942. The molecule has 8 nitrogen and oxygen atoms in total. The lowest BCUT2D eigenvalue weighted by Crippen LogP contribution is -2.41. The van der Waals surface area contributed by atoms with Gasteiger partial charge in [0.15, 0.2) is 11.4 Å². The second-order valence-electron chi connectivity index (χ2n) is 7.78. The first-order chi connectivity index (χ1) is 15.8. The Bertz CT molecular complexity index is 947. The van der Waals surface area contributed by atoms with Gasteiger partial charge in [-0.3, -0.25) is 9.59 Å². The van der Waals surface area contributed by atoms with Gasteiger partial charge in [0.1, 0.15) is 12.1 Å². The first-order valence-electron chi connectivity index (χ1n) is 11.1. The van der Waals surface area contributed by atoms with E-state index in [1.54, 1.807) is 0 Å². The number of ether oxygens (including phenoxy) is 3. The van der Waals surface area contributed by atoms with Crippen LogP contribution in [0.25, 0.3) is 0 Å². The Hall–Kier alpha value is -3.42. The number of benzene rings is 1. The number of esters is 2. The van der Waals surface area contributed by atoms with Crippen LogP contribution < -0.4 is 14.8 Å². The van der Waals surface area contributed by atoms with Gasteiger partial charge < -0.3 is 19.5 Å². The van der Waals surface area contributed by atoms with E-state index < -0.39 is 23.9 Å². The fourth-order valence-corrected chi connectivity index (χ4v) is 3.48. The Morgan fingerprint density at radius 3 is 2.39 bits per heavy atom. The number of rotatable bonds is 11. The van der Waals surface area contributed by atoms with Crippen LogP contribution >= 0.6 is 0 Å². The highest BCUT2D eigenvalue weighted by Gasteiger charge is 2.28. The van der Waals surface area contributed by atoms with Crippen LogP contribution in [-0.4, -0.2) is 42.1 Å². The maximum Gasteiger partial charge on any atom is 0.328 e. The summed E-state index contributed by atoms with van der Waals surface area (Å²) >= 11 is 0. The van der Waals surface area contributed by atoms with Gasteiger partial charge in [0.2, 0.25) is 5.75 Å². The van der Waals surface area contributed by atoms with Crippen molar-refractivity contribution in [3.05, 3.63) is 53.9 Å². The van der Waals surface area contributed by atoms with Gasteiger partial charge in [-0.1, -0.05) is 50.1 Å². The molecule has 0 aliphatic carbocycles. The molecule has 0 spiro atoms. The van der Waals surface area contributed by atoms with E-state index in [9.17, 15) is 14.4 Å². The number of nitrogens with zero attached hydrogens (tertiary/aromatic N) is 1. The second-order valence-corrected chi connectivity index (χ2v) is 7.78. The topological polar surface area (TPSA) is 104 Å². The van der Waals surface area contributed by atoms with E-state index >= 15 is 0 Å². The van der Waals surface area contributed by atoms with Crippen LogP contribution in [0.15, 0.2) is 42.6 Å². The molecule has 1 heterocycles. The van der Waals surface area contributed by atoms with Crippen molar-refractivity contribution in [3.8, 4) is 11.5 Å². The minimum Gasteiger partial charge on any atom is -0.493 e. The van der Waals surface area contributed by atoms with Gasteiger partial charge in [-0.2, -0.15) is 0 Å². The third-order valence-electron chi connectivity index (χ3n) is 5.22. The number of unbranched alkanes of at least 4 members (excludes halogenated alkanes) is 1. The number of amides is 1. The Kier molecular flexibility index (Phi) is 9.84. The second kappa shape index (κ2) is 12.6. The van der Waals surface area contributed by atoms with Gasteiger partial charge >= 0.3 is 11.9 Å². The van der Waals surface area contributed by atoms with E-state index in [4.69, 9.17) is 14.2 Å². The zero-order chi connectivity index (χ0) is 24.4. The molecule has 1 N–H and O–H groups in total. The number of pyridine rings is 1. The lowest BCUT2D eigenvalue weighted by Gasteiger charge is -2.26. The van der Waals surface area contributed by atoms with Gasteiger partial charge in [-0.05, 0) is 25.8 Å². The van der Waals surface area contributed by atoms with Crippen LogP contribution in [0, 0.1) is 0 Å². The predicted octanol–water partition coefficient (Wildman–Crippen LogP) is 4.04. The minimum atomic E-state index is -0.944. The van der Waals surface area contributed by atoms with Crippen LogP contribution in [0.5, 0.6) is 11.5 Å². The van der Waals surface area contributed by atoms with Crippen molar-refractivity contribution in [2.45, 2.75) is 65.0 Å². The van der Waals surface area contributed by atoms with Crippen LogP contribution in [0.2, 0.25) is 0 Å². The van der Waals surface area contributed by atoms with E-state index in [0.29, 0.717) is 0 Å². The highest BCUT2D eigenvalue weighted by atomic mass is 16.6. The summed E-state index contributed by atoms with van der Waals surface area (Å²) < 4.78 is 16.0. The van der Waals surface area contributed by atoms with E-state index in [1.807, 2.05) is 37.3 Å². The summed E-state index contributed by atoms with van der Waals surface area (Å²) in [6, 6.07) is 10.5. The number of carbonyl (C=O) groups is 3. The van der Waals surface area contributed by atoms with E-state index in [-0.39, 0.29) is 29.2 Å². The van der Waals surface area contributed by atoms with Crippen molar-refractivity contribution in [1.82, 2.24) is 10.3 Å². The van der Waals surface area contributed by atoms with Crippen molar-refractivity contribution in [1.29, 1.82) is 0 Å². The lowest BCUT2D eigenvalue weighted by atomic mass is 9.89. The molecule has 0 saturated heterocycles. The average molecular weight is 457 g/mol. The molecule has 2 aromatic rings. The molecule has 1 aromatic heterocycles. The Morgan fingerprint density at radius 2 is 1.79 bits per heavy atom. The molecular weight excluding hydrogens is 424 g/mol. The fourth-order valence-electron chi connectivity index (χ4n) is 3.48. The number of carbonyl (C=O) groups excluding carboxylic acids is 3. The Morgan fingerprint density at radius 1 is 1.09 bits per heavy atom. The molecule has 0 aliphatic heterocycles. The third-order valence-corrected chi connectivity index (χ3v) is 5.22. The molecule has 0 fully saturated rings. The summed E-state index contributed by atoms with van der Waals surface area (Å²) in [5, 5.41) is 2.57. The van der Waals surface area contributed by atoms with Crippen molar-refractivity contribution >= 4 is 17.8 Å². The van der Waals surface area contributed by atoms with E-state index in [2.05, 4.69) is 17.2 Å². The monoisotopic (exact) mass is 456 g/mol. The summed E-state index contributed by atoms with van der Waals surface area (Å²) in [6.45, 7) is 6.72. The van der Waals surface area contributed by atoms with Gasteiger partial charge in [-0.25, -0.2) is 9.78 Å². The molecule has 2 rings (SSSR count). The first-order valence-corrected chi connectivity index (χ1v) is 11.1. The molecule has 8 heteroatoms. The van der Waals surface area contributed by atoms with Crippen molar-refractivity contribution in [3.63, 3.8) is 0 Å². The summed E-state index contributed by atoms with van der Waals surface area (Å²) in [4.78, 5) is 41.0. The molecule has 178 valence electrons. The fraction of sp³-hybridized carbons (Fsp3) is 0.440. The molecule has 0 aliphatic rings. The highest BCUT2D eigenvalue weighted by Crippen LogP contribution is 2.30. The molecule has 0 saturated carbocycles. The molecule has 33 heavy (non-hydrogen) atoms. The van der Waals surface area contributed by atoms with Crippen molar-refractivity contribution in [2.75, 3.05) is 7.11 Å². The van der Waals surface area contributed by atoms with Crippen LogP contribution in [0.1, 0.15) is 68.9 Å². The Balaban J connectivity index is 2.10. The number of nitrogens with one attached hydrogen (secondary N) is 1. The minimum absolute atomic E-state index is 0.0496. The Labute approximate surface area is 194 Å². The van der Waals surface area contributed by atoms with Crippen LogP contribution in [0.4, 0.5) is 0 Å². The maximum atomic E-state index is 12.8. The standard InChI is InChI=1S/C25H32N2O6/c1-6-7-13-20(19-11-9-8-10-12-19)17(3)32-25(30)16(2)27-24(29)22-23(33-18(4)28)21(31-5)14-15-26-22/h8-12,14-17,20H,6-7,13H2,1-5H3,(H,27,29)/t16-,17-,20-/m0/s1. The van der Waals surface area contributed by atoms with Gasteiger partial charge in [-0.15, -0.1) is 0 Å². The molecule has 0 bridgehead atoms. The largest absolute Gasteiger partial charge is 0.493 e. The van der Waals surface area contributed by atoms with Crippen molar-refractivity contribution in [2.24, 2.45) is 0 Å². The smallest absolute Gasteiger partial charge is 0.328 e. The van der Waals surface area contributed by atoms with E-state index in [1.165, 1.54) is 33.2 Å². The molecule has 3 atom stereocenters. The van der Waals surface area contributed by atoms with Gasteiger partial charge in [0.25, 0.3) is 5.91 Å². The summed E-state index contributed by atoms with van der Waals surface area (Å²) in [7, 11) is 1.38. The lowest BCUT2D eigenvalue weighted by molar-refractivity contribution is -0.151. The van der Waals surface area contributed by atoms with Gasteiger partial charge in [0.05, 0.1) is 7.11 Å². The summed E-state index contributed by atoms with van der Waals surface area (Å²) in [5.74, 6) is -1.76. The molecule has 1 aromatic carbocycles. The summed E-state index contributed by atoms with van der Waals surface area (Å²) in [6.07, 6.45) is 3.90. The predicted molar refractivity (Wildman–Crippen MR) is 123 cm³/mol. The number of methoxy groups -OCH3 is 1. The molecule has 0 unspecified atom stereocenters. The van der Waals surface area contributed by atoms with Crippen LogP contribution in [-0.2, 0) is 14.3 Å². The number of hydrogen-bond donors (Lipinski definition) is 1. The molecule has 0 radical (unpaired) electrons. The highest BCUT2D eigenvalue weighted by molar-refractivity contribution is 5.98. The zero-order valence-corrected chi connectivity index (χ0v) is 19.8. The number of aromatic nitrogens is 1. The molecular formula is C25H32N2O6. The molecule has 1 amide bonds. The number of hydrogen-bond acceptors (Lipinski definition) is 7. The average Bonchev–Trinajstić information content (AvgIpc) is 2.79.